The molecule has 1 fully saturated rings. The summed E-state index contributed by atoms with van der Waals surface area (Å²) in [5.41, 5.74) is 2.59. The molecule has 5 heteroatoms. The van der Waals surface area contributed by atoms with Gasteiger partial charge in [-0.05, 0) is 57.0 Å². The minimum absolute atomic E-state index is 0.0521. The second-order valence-electron chi connectivity index (χ2n) is 9.89. The lowest BCUT2D eigenvalue weighted by molar-refractivity contribution is -0.130. The van der Waals surface area contributed by atoms with Crippen LogP contribution in [0.25, 0.3) is 0 Å². The van der Waals surface area contributed by atoms with Gasteiger partial charge in [-0.25, -0.2) is 0 Å². The molecule has 0 aromatic carbocycles. The van der Waals surface area contributed by atoms with E-state index in [4.69, 9.17) is 0 Å². The number of rotatable bonds is 10. The molecule has 0 aliphatic heterocycles. The number of hydrogen-bond acceptors (Lipinski definition) is 3. The van der Waals surface area contributed by atoms with Gasteiger partial charge in [0.15, 0.2) is 0 Å². The van der Waals surface area contributed by atoms with Gasteiger partial charge in [0.25, 0.3) is 0 Å². The van der Waals surface area contributed by atoms with Gasteiger partial charge in [0.2, 0.25) is 5.91 Å². The fraction of sp³-hybridized carbons (Fsp3) is 0.826. The molecule has 1 amide bonds. The Labute approximate surface area is 172 Å². The molecule has 28 heavy (non-hydrogen) atoms. The van der Waals surface area contributed by atoms with E-state index < -0.39 is 0 Å². The first kappa shape index (κ1) is 22.9. The number of hydrogen-bond donors (Lipinski definition) is 2. The Bertz CT molecular complexity index is 607. The van der Waals surface area contributed by atoms with E-state index in [0.717, 1.165) is 45.3 Å². The van der Waals surface area contributed by atoms with Gasteiger partial charge < -0.3 is 10.2 Å². The highest BCUT2D eigenvalue weighted by Gasteiger charge is 2.41. The van der Waals surface area contributed by atoms with Gasteiger partial charge in [0.1, 0.15) is 0 Å². The number of aromatic amines is 1. The molecule has 2 rings (SSSR count). The maximum Gasteiger partial charge on any atom is 0.223 e. The minimum atomic E-state index is 0.0521. The van der Waals surface area contributed by atoms with Gasteiger partial charge in [-0.2, -0.15) is 5.10 Å². The van der Waals surface area contributed by atoms with Crippen LogP contribution >= 0.6 is 0 Å². The number of unbranched alkanes of at least 4 members (excludes halogenated alkanes) is 1. The Morgan fingerprint density at radius 1 is 1.43 bits per heavy atom. The molecule has 0 spiro atoms. The zero-order chi connectivity index (χ0) is 20.7. The van der Waals surface area contributed by atoms with Crippen LogP contribution in [0.5, 0.6) is 0 Å². The molecule has 160 valence electrons. The monoisotopic (exact) mass is 390 g/mol. The summed E-state index contributed by atoms with van der Waals surface area (Å²) >= 11 is 0. The summed E-state index contributed by atoms with van der Waals surface area (Å²) in [5.74, 6) is 1.31. The Morgan fingerprint density at radius 2 is 2.18 bits per heavy atom. The van der Waals surface area contributed by atoms with Crippen molar-refractivity contribution in [1.82, 2.24) is 20.4 Å². The number of nitrogens with one attached hydrogen (secondary N) is 2. The molecule has 1 unspecified atom stereocenters. The van der Waals surface area contributed by atoms with Gasteiger partial charge >= 0.3 is 0 Å². The highest BCUT2D eigenvalue weighted by molar-refractivity contribution is 5.79. The van der Waals surface area contributed by atoms with E-state index in [-0.39, 0.29) is 17.2 Å². The Morgan fingerprint density at radius 3 is 2.86 bits per heavy atom. The fourth-order valence-corrected chi connectivity index (χ4v) is 4.37. The summed E-state index contributed by atoms with van der Waals surface area (Å²) in [6.45, 7) is 14.0. The van der Waals surface area contributed by atoms with Crippen LogP contribution in [-0.2, 0) is 11.3 Å². The summed E-state index contributed by atoms with van der Waals surface area (Å²) in [6.07, 6.45) is 8.56. The first-order valence-corrected chi connectivity index (χ1v) is 11.2. The number of aromatic nitrogens is 2. The molecule has 1 heterocycles. The van der Waals surface area contributed by atoms with Crippen LogP contribution in [0.2, 0.25) is 0 Å². The van der Waals surface area contributed by atoms with E-state index in [2.05, 4.69) is 62.1 Å². The fourth-order valence-electron chi connectivity index (χ4n) is 4.37. The van der Waals surface area contributed by atoms with Crippen molar-refractivity contribution in [2.45, 2.75) is 85.6 Å². The number of carbonyl (C=O) groups is 1. The van der Waals surface area contributed by atoms with Crippen LogP contribution in [0, 0.1) is 17.3 Å². The van der Waals surface area contributed by atoms with Crippen LogP contribution in [0.4, 0.5) is 0 Å². The smallest absolute Gasteiger partial charge is 0.223 e. The van der Waals surface area contributed by atoms with Crippen molar-refractivity contribution in [2.75, 3.05) is 20.1 Å². The largest absolute Gasteiger partial charge is 0.356 e. The van der Waals surface area contributed by atoms with E-state index in [0.29, 0.717) is 11.8 Å². The lowest BCUT2D eigenvalue weighted by atomic mass is 9.64. The normalized spacial score (nSPS) is 22.0. The molecule has 1 aliphatic rings. The molecule has 1 aromatic heterocycles. The second kappa shape index (κ2) is 10.4. The lowest BCUT2D eigenvalue weighted by Gasteiger charge is -2.41. The number of carbonyl (C=O) groups excluding carboxylic acids is 1. The Hall–Kier alpha value is -1.36. The van der Waals surface area contributed by atoms with E-state index in [1.54, 1.807) is 0 Å². The SMILES string of the molecule is CCCCN(C)Cc1cn[nH]c1C1CCC(C)(C)[C@H](C(=O)NCCC(C)C)C1. The molecule has 1 aromatic rings. The second-order valence-corrected chi connectivity index (χ2v) is 9.89. The highest BCUT2D eigenvalue weighted by Crippen LogP contribution is 2.47. The molecule has 0 bridgehead atoms. The van der Waals surface area contributed by atoms with Gasteiger partial charge in [-0.15, -0.1) is 0 Å². The van der Waals surface area contributed by atoms with Gasteiger partial charge in [-0.1, -0.05) is 41.0 Å². The molecule has 0 saturated heterocycles. The lowest BCUT2D eigenvalue weighted by Crippen LogP contribution is -2.43. The maximum absolute atomic E-state index is 12.9. The standard InChI is InChI=1S/C23H42N4O/c1-7-8-13-27(6)16-19-15-25-26-21(19)18-9-11-23(4,5)20(14-18)22(28)24-12-10-17(2)3/h15,17-18,20H,7-14,16H2,1-6H3,(H,24,28)(H,25,26)/t18?,20-/m0/s1. The molecule has 0 radical (unpaired) electrons. The van der Waals surface area contributed by atoms with Crippen molar-refractivity contribution in [2.24, 2.45) is 17.3 Å². The van der Waals surface area contributed by atoms with Crippen molar-refractivity contribution in [1.29, 1.82) is 0 Å². The Balaban J connectivity index is 2.03. The van der Waals surface area contributed by atoms with E-state index in [1.165, 1.54) is 24.1 Å². The van der Waals surface area contributed by atoms with Gasteiger partial charge in [-0.3, -0.25) is 9.89 Å². The summed E-state index contributed by atoms with van der Waals surface area (Å²) in [6, 6.07) is 0. The van der Waals surface area contributed by atoms with E-state index in [1.807, 2.05) is 6.20 Å². The molecule has 2 atom stereocenters. The predicted octanol–water partition coefficient (Wildman–Crippen LogP) is 4.71. The molecular weight excluding hydrogens is 348 g/mol. The van der Waals surface area contributed by atoms with Crippen LogP contribution in [0.3, 0.4) is 0 Å². The molecule has 1 saturated carbocycles. The van der Waals surface area contributed by atoms with Crippen LogP contribution in [-0.4, -0.2) is 41.1 Å². The first-order valence-electron chi connectivity index (χ1n) is 11.2. The van der Waals surface area contributed by atoms with Crippen molar-refractivity contribution in [3.63, 3.8) is 0 Å². The zero-order valence-electron chi connectivity index (χ0n) is 19.0. The van der Waals surface area contributed by atoms with E-state index in [9.17, 15) is 4.79 Å². The first-order chi connectivity index (χ1) is 13.2. The molecule has 5 nitrogen and oxygen atoms in total. The molecule has 1 aliphatic carbocycles. The van der Waals surface area contributed by atoms with Crippen molar-refractivity contribution >= 4 is 5.91 Å². The summed E-state index contributed by atoms with van der Waals surface area (Å²) in [7, 11) is 2.18. The summed E-state index contributed by atoms with van der Waals surface area (Å²) in [4.78, 5) is 15.3. The summed E-state index contributed by atoms with van der Waals surface area (Å²) in [5, 5.41) is 10.8. The highest BCUT2D eigenvalue weighted by atomic mass is 16.1. The molecular formula is C23H42N4O. The third-order valence-electron chi connectivity index (χ3n) is 6.43. The van der Waals surface area contributed by atoms with Gasteiger partial charge in [0.05, 0.1) is 6.20 Å². The van der Waals surface area contributed by atoms with Crippen LogP contribution < -0.4 is 5.32 Å². The van der Waals surface area contributed by atoms with Gasteiger partial charge in [0, 0.05) is 36.2 Å². The Kier molecular flexibility index (Phi) is 8.54. The minimum Gasteiger partial charge on any atom is -0.356 e. The topological polar surface area (TPSA) is 61.0 Å². The third kappa shape index (κ3) is 6.33. The van der Waals surface area contributed by atoms with Crippen molar-refractivity contribution in [3.05, 3.63) is 17.5 Å². The zero-order valence-corrected chi connectivity index (χ0v) is 19.0. The molecule has 2 N–H and O–H groups in total. The quantitative estimate of drug-likeness (QED) is 0.608. The van der Waals surface area contributed by atoms with Crippen molar-refractivity contribution < 1.29 is 4.79 Å². The van der Waals surface area contributed by atoms with Crippen LogP contribution in [0.1, 0.15) is 90.3 Å². The summed E-state index contributed by atoms with van der Waals surface area (Å²) < 4.78 is 0. The third-order valence-corrected chi connectivity index (χ3v) is 6.43. The predicted molar refractivity (Wildman–Crippen MR) is 116 cm³/mol. The number of nitrogens with zero attached hydrogens (tertiary/aromatic N) is 2. The maximum atomic E-state index is 12.9. The van der Waals surface area contributed by atoms with Crippen molar-refractivity contribution in [3.8, 4) is 0 Å². The average Bonchev–Trinajstić information content (AvgIpc) is 3.07. The van der Waals surface area contributed by atoms with E-state index >= 15 is 0 Å². The van der Waals surface area contributed by atoms with Crippen LogP contribution in [0.15, 0.2) is 6.20 Å². The number of amides is 1. The number of H-pyrrole nitrogens is 1. The average molecular weight is 391 g/mol.